The average molecular weight is 344 g/mol. The first-order chi connectivity index (χ1) is 11.8. The number of Topliss-reactive ketones (excluding diaryl/α,β-unsaturated/α-hetero) is 1. The lowest BCUT2D eigenvalue weighted by molar-refractivity contribution is -0.157. The van der Waals surface area contributed by atoms with Gasteiger partial charge in [0.1, 0.15) is 5.60 Å². The summed E-state index contributed by atoms with van der Waals surface area (Å²) in [5, 5.41) is 0. The van der Waals surface area contributed by atoms with E-state index in [2.05, 4.69) is 0 Å². The third kappa shape index (κ3) is 2.96. The van der Waals surface area contributed by atoms with Crippen LogP contribution in [0.5, 0.6) is 0 Å². The molecule has 0 saturated carbocycles. The highest BCUT2D eigenvalue weighted by atomic mass is 16.6. The Morgan fingerprint density at radius 2 is 2.04 bits per heavy atom. The highest BCUT2D eigenvalue weighted by molar-refractivity contribution is 6.03. The second-order valence-electron chi connectivity index (χ2n) is 7.45. The summed E-state index contributed by atoms with van der Waals surface area (Å²) in [5.41, 5.74) is 1.97. The van der Waals surface area contributed by atoms with Crippen LogP contribution in [0.15, 0.2) is 18.2 Å². The van der Waals surface area contributed by atoms with E-state index in [1.807, 2.05) is 25.1 Å². The van der Waals surface area contributed by atoms with Crippen LogP contribution in [-0.4, -0.2) is 29.9 Å². The number of benzene rings is 1. The second kappa shape index (κ2) is 6.28. The maximum absolute atomic E-state index is 13.1. The van der Waals surface area contributed by atoms with Crippen LogP contribution in [0.4, 0.5) is 0 Å². The van der Waals surface area contributed by atoms with E-state index in [4.69, 9.17) is 9.47 Å². The molecule has 2 aliphatic rings. The number of cyclic esters (lactones) is 1. The molecular formula is C20H24O5. The number of ether oxygens (including phenoxy) is 2. The van der Waals surface area contributed by atoms with E-state index in [9.17, 15) is 14.4 Å². The Bertz CT molecular complexity index is 734. The van der Waals surface area contributed by atoms with Crippen LogP contribution in [0.2, 0.25) is 0 Å². The van der Waals surface area contributed by atoms with Crippen molar-refractivity contribution in [2.75, 3.05) is 6.61 Å². The summed E-state index contributed by atoms with van der Waals surface area (Å²) in [7, 11) is 0. The fourth-order valence-electron chi connectivity index (χ4n) is 4.28. The maximum Gasteiger partial charge on any atom is 0.321 e. The van der Waals surface area contributed by atoms with E-state index >= 15 is 0 Å². The van der Waals surface area contributed by atoms with Crippen molar-refractivity contribution < 1.29 is 23.9 Å². The third-order valence-electron chi connectivity index (χ3n) is 5.34. The number of esters is 2. The Labute approximate surface area is 147 Å². The highest BCUT2D eigenvalue weighted by Crippen LogP contribution is 2.46. The molecule has 1 aliphatic heterocycles. The van der Waals surface area contributed by atoms with Gasteiger partial charge in [0.2, 0.25) is 0 Å². The number of ketones is 1. The van der Waals surface area contributed by atoms with Gasteiger partial charge in [-0.3, -0.25) is 14.4 Å². The summed E-state index contributed by atoms with van der Waals surface area (Å²) in [6, 6.07) is 5.81. The van der Waals surface area contributed by atoms with Crippen molar-refractivity contribution in [2.24, 2.45) is 17.8 Å². The molecule has 0 N–H and O–H groups in total. The first-order valence-corrected chi connectivity index (χ1v) is 8.79. The predicted octanol–water partition coefficient (Wildman–Crippen LogP) is 2.87. The number of hydrogen-bond donors (Lipinski definition) is 0. The molecule has 25 heavy (non-hydrogen) atoms. The minimum atomic E-state index is -1.03. The van der Waals surface area contributed by atoms with Gasteiger partial charge in [0, 0.05) is 17.4 Å². The molecule has 3 rings (SSSR count). The molecule has 0 amide bonds. The maximum atomic E-state index is 13.1. The number of carbonyl (C=O) groups excluding carboxylic acids is 3. The smallest absolute Gasteiger partial charge is 0.321 e. The molecule has 134 valence electrons. The van der Waals surface area contributed by atoms with Crippen LogP contribution in [0.25, 0.3) is 0 Å². The molecule has 1 aromatic carbocycles. The number of aryl methyl sites for hydroxylation is 2. The lowest BCUT2D eigenvalue weighted by Crippen LogP contribution is -2.43. The first kappa shape index (κ1) is 17.6. The summed E-state index contributed by atoms with van der Waals surface area (Å²) in [5.74, 6) is -3.16. The third-order valence-corrected chi connectivity index (χ3v) is 5.34. The molecule has 3 unspecified atom stereocenters. The monoisotopic (exact) mass is 344 g/mol. The Balaban J connectivity index is 1.98. The Morgan fingerprint density at radius 3 is 2.72 bits per heavy atom. The molecule has 1 saturated heterocycles. The standard InChI is InChI=1S/C20H24O5/c1-5-24-18(22)15-16(20(3,4)25-19(15)23)14-9-7-12-10-11(2)6-8-13(12)17(14)21/h6,8,10,14-16H,5,7,9H2,1-4H3. The van der Waals surface area contributed by atoms with Crippen molar-refractivity contribution in [1.82, 2.24) is 0 Å². The zero-order valence-corrected chi connectivity index (χ0v) is 15.1. The molecule has 1 aliphatic carbocycles. The molecule has 5 heteroatoms. The van der Waals surface area contributed by atoms with Crippen molar-refractivity contribution in [3.8, 4) is 0 Å². The molecule has 0 aromatic heterocycles. The Morgan fingerprint density at radius 1 is 1.32 bits per heavy atom. The molecule has 1 heterocycles. The Hall–Kier alpha value is -2.17. The van der Waals surface area contributed by atoms with Gasteiger partial charge in [-0.1, -0.05) is 23.8 Å². The van der Waals surface area contributed by atoms with Gasteiger partial charge in [0.15, 0.2) is 11.7 Å². The molecule has 0 radical (unpaired) electrons. The van der Waals surface area contributed by atoms with E-state index in [1.165, 1.54) is 0 Å². The van der Waals surface area contributed by atoms with Gasteiger partial charge >= 0.3 is 11.9 Å². The Kier molecular flexibility index (Phi) is 4.43. The topological polar surface area (TPSA) is 69.7 Å². The van der Waals surface area contributed by atoms with Gasteiger partial charge in [0.05, 0.1) is 6.61 Å². The molecule has 3 atom stereocenters. The summed E-state index contributed by atoms with van der Waals surface area (Å²) < 4.78 is 10.5. The van der Waals surface area contributed by atoms with Crippen LogP contribution >= 0.6 is 0 Å². The molecular weight excluding hydrogens is 320 g/mol. The van der Waals surface area contributed by atoms with Crippen LogP contribution in [0, 0.1) is 24.7 Å². The predicted molar refractivity (Wildman–Crippen MR) is 91.1 cm³/mol. The van der Waals surface area contributed by atoms with Crippen LogP contribution in [-0.2, 0) is 25.5 Å². The van der Waals surface area contributed by atoms with Crippen molar-refractivity contribution in [1.29, 1.82) is 0 Å². The van der Waals surface area contributed by atoms with Crippen molar-refractivity contribution in [3.05, 3.63) is 34.9 Å². The van der Waals surface area contributed by atoms with Crippen molar-refractivity contribution >= 4 is 17.7 Å². The van der Waals surface area contributed by atoms with Crippen LogP contribution in [0.3, 0.4) is 0 Å². The number of rotatable bonds is 3. The fourth-order valence-corrected chi connectivity index (χ4v) is 4.28. The molecule has 5 nitrogen and oxygen atoms in total. The van der Waals surface area contributed by atoms with E-state index < -0.39 is 35.3 Å². The SMILES string of the molecule is CCOC(=O)C1C(=O)OC(C)(C)C1C1CCc2cc(C)ccc2C1=O. The molecule has 1 fully saturated rings. The number of fused-ring (bicyclic) bond motifs is 1. The minimum absolute atomic E-state index is 0.00748. The minimum Gasteiger partial charge on any atom is -0.465 e. The number of carbonyl (C=O) groups is 3. The van der Waals surface area contributed by atoms with Gasteiger partial charge in [-0.05, 0) is 46.1 Å². The van der Waals surface area contributed by atoms with E-state index in [0.717, 1.165) is 17.5 Å². The zero-order valence-electron chi connectivity index (χ0n) is 15.1. The van der Waals surface area contributed by atoms with E-state index in [1.54, 1.807) is 20.8 Å². The molecule has 1 aromatic rings. The number of hydrogen-bond acceptors (Lipinski definition) is 5. The van der Waals surface area contributed by atoms with E-state index in [-0.39, 0.29) is 12.4 Å². The first-order valence-electron chi connectivity index (χ1n) is 8.79. The quantitative estimate of drug-likeness (QED) is 0.623. The van der Waals surface area contributed by atoms with Crippen LogP contribution < -0.4 is 0 Å². The van der Waals surface area contributed by atoms with Gasteiger partial charge in [-0.25, -0.2) is 0 Å². The average Bonchev–Trinajstić information content (AvgIpc) is 2.76. The fraction of sp³-hybridized carbons (Fsp3) is 0.550. The highest BCUT2D eigenvalue weighted by Gasteiger charge is 2.58. The van der Waals surface area contributed by atoms with Crippen molar-refractivity contribution in [3.63, 3.8) is 0 Å². The molecule has 0 bridgehead atoms. The van der Waals surface area contributed by atoms with Gasteiger partial charge in [-0.2, -0.15) is 0 Å². The van der Waals surface area contributed by atoms with Crippen LogP contribution in [0.1, 0.15) is 48.7 Å². The summed E-state index contributed by atoms with van der Waals surface area (Å²) in [6.45, 7) is 7.43. The van der Waals surface area contributed by atoms with Gasteiger partial charge in [0.25, 0.3) is 0 Å². The normalized spacial score (nSPS) is 27.6. The summed E-state index contributed by atoms with van der Waals surface area (Å²) in [4.78, 5) is 37.8. The lowest BCUT2D eigenvalue weighted by atomic mass is 9.67. The van der Waals surface area contributed by atoms with Crippen molar-refractivity contribution in [2.45, 2.75) is 46.1 Å². The van der Waals surface area contributed by atoms with E-state index in [0.29, 0.717) is 12.0 Å². The summed E-state index contributed by atoms with van der Waals surface area (Å²) in [6.07, 6.45) is 1.36. The van der Waals surface area contributed by atoms with Gasteiger partial charge < -0.3 is 9.47 Å². The summed E-state index contributed by atoms with van der Waals surface area (Å²) >= 11 is 0. The molecule has 0 spiro atoms. The second-order valence-corrected chi connectivity index (χ2v) is 7.45. The zero-order chi connectivity index (χ0) is 18.4. The lowest BCUT2D eigenvalue weighted by Gasteiger charge is -2.35. The largest absolute Gasteiger partial charge is 0.465 e. The van der Waals surface area contributed by atoms with Gasteiger partial charge in [-0.15, -0.1) is 0 Å².